The van der Waals surface area contributed by atoms with Crippen LogP contribution in [-0.2, 0) is 16.5 Å². The largest absolute Gasteiger partial charge is 0.416 e. The molecule has 2 aromatic rings. The Balaban J connectivity index is 1.25. The van der Waals surface area contributed by atoms with E-state index in [-0.39, 0.29) is 22.8 Å². The summed E-state index contributed by atoms with van der Waals surface area (Å²) in [5.74, 6) is 2.28. The number of halogens is 3. The van der Waals surface area contributed by atoms with E-state index in [1.54, 1.807) is 6.07 Å². The highest BCUT2D eigenvalue weighted by Crippen LogP contribution is 2.60. The quantitative estimate of drug-likeness (QED) is 0.468. The number of hydrogen-bond donors (Lipinski definition) is 1. The minimum Gasteiger partial charge on any atom is -0.344 e. The van der Waals surface area contributed by atoms with Crippen molar-refractivity contribution >= 4 is 5.91 Å². The van der Waals surface area contributed by atoms with Crippen molar-refractivity contribution < 1.29 is 18.0 Å². The average molecular weight is 543 g/mol. The van der Waals surface area contributed by atoms with E-state index in [1.807, 2.05) is 28.9 Å². The summed E-state index contributed by atoms with van der Waals surface area (Å²) in [5, 5.41) is 8.29. The van der Waals surface area contributed by atoms with Crippen LogP contribution in [-0.4, -0.2) is 40.2 Å². The summed E-state index contributed by atoms with van der Waals surface area (Å²) >= 11 is 0. The summed E-state index contributed by atoms with van der Waals surface area (Å²) in [5.41, 5.74) is 0.694. The van der Waals surface area contributed by atoms with E-state index in [0.717, 1.165) is 36.1 Å². The number of nitrogens with one attached hydrogen (secondary N) is 1. The molecule has 5 fully saturated rings. The van der Waals surface area contributed by atoms with Crippen LogP contribution in [0.4, 0.5) is 13.2 Å². The van der Waals surface area contributed by atoms with Gasteiger partial charge in [-0.25, -0.2) is 0 Å². The lowest BCUT2D eigenvalue weighted by Gasteiger charge is -2.57. The molecule has 1 aliphatic heterocycles. The first-order valence-corrected chi connectivity index (χ1v) is 14.5. The minimum absolute atomic E-state index is 0.0421. The van der Waals surface area contributed by atoms with Crippen LogP contribution in [0.2, 0.25) is 0 Å². The van der Waals surface area contributed by atoms with Crippen LogP contribution >= 0.6 is 0 Å². The van der Waals surface area contributed by atoms with E-state index >= 15 is 0 Å². The van der Waals surface area contributed by atoms with Gasteiger partial charge in [0.1, 0.15) is 0 Å². The van der Waals surface area contributed by atoms with Crippen molar-refractivity contribution in [3.8, 4) is 0 Å². The fraction of sp³-hybridized carbons (Fsp3) is 0.677. The van der Waals surface area contributed by atoms with Gasteiger partial charge in [-0.15, -0.1) is 0 Å². The summed E-state index contributed by atoms with van der Waals surface area (Å²) in [7, 11) is 1.92. The van der Waals surface area contributed by atoms with Gasteiger partial charge in [0.2, 0.25) is 5.91 Å². The lowest BCUT2D eigenvalue weighted by atomic mass is 9.49. The van der Waals surface area contributed by atoms with E-state index in [0.29, 0.717) is 12.0 Å². The Morgan fingerprint density at radius 2 is 1.69 bits per heavy atom. The van der Waals surface area contributed by atoms with Gasteiger partial charge in [0.25, 0.3) is 0 Å². The first-order valence-electron chi connectivity index (χ1n) is 14.5. The molecule has 3 atom stereocenters. The molecule has 0 radical (unpaired) electrons. The highest BCUT2D eigenvalue weighted by atomic mass is 19.4. The number of carbonyl (C=O) groups excluding carboxylic acids is 1. The standard InChI is InChI=1S/C31H41F3N4O/c1-29(2,3)38-9-8-25(36-38)24-14-26(35-27(24)22-6-5-7-23(13-22)31(32,33)34)28(39)37(4)18-30-15-19-10-20(16-30)12-21(11-19)17-30/h5-9,13,19-21,24,26-27,35H,10-12,14-18H2,1-4H3/t19?,20?,21?,24-,26-,27-,30?/m0/s1. The van der Waals surface area contributed by atoms with Crippen molar-refractivity contribution in [1.82, 2.24) is 20.0 Å². The number of hydrogen-bond acceptors (Lipinski definition) is 3. The molecule has 5 nitrogen and oxygen atoms in total. The summed E-state index contributed by atoms with van der Waals surface area (Å²) < 4.78 is 42.6. The number of amides is 1. The van der Waals surface area contributed by atoms with Crippen LogP contribution < -0.4 is 5.32 Å². The van der Waals surface area contributed by atoms with Gasteiger partial charge in [-0.1, -0.05) is 12.1 Å². The van der Waals surface area contributed by atoms with Gasteiger partial charge in [-0.05, 0) is 113 Å². The van der Waals surface area contributed by atoms with Crippen molar-refractivity contribution in [1.29, 1.82) is 0 Å². The molecule has 1 N–H and O–H groups in total. The number of nitrogens with zero attached hydrogens (tertiary/aromatic N) is 3. The van der Waals surface area contributed by atoms with Crippen LogP contribution in [0.3, 0.4) is 0 Å². The predicted octanol–water partition coefficient (Wildman–Crippen LogP) is 6.52. The van der Waals surface area contributed by atoms with Crippen LogP contribution in [0.25, 0.3) is 0 Å². The van der Waals surface area contributed by atoms with Crippen molar-refractivity contribution in [3.05, 3.63) is 53.3 Å². The maximum Gasteiger partial charge on any atom is 0.416 e. The zero-order chi connectivity index (χ0) is 27.7. The second-order valence-corrected chi connectivity index (χ2v) is 14.1. The van der Waals surface area contributed by atoms with Crippen molar-refractivity contribution in [2.75, 3.05) is 13.6 Å². The van der Waals surface area contributed by atoms with Crippen LogP contribution in [0.1, 0.15) is 94.5 Å². The Kier molecular flexibility index (Phi) is 6.44. The van der Waals surface area contributed by atoms with E-state index in [2.05, 4.69) is 26.1 Å². The monoisotopic (exact) mass is 542 g/mol. The van der Waals surface area contributed by atoms with Crippen molar-refractivity contribution in [2.24, 2.45) is 23.2 Å². The van der Waals surface area contributed by atoms with Crippen molar-refractivity contribution in [2.45, 2.75) is 95.4 Å². The van der Waals surface area contributed by atoms with Gasteiger partial charge >= 0.3 is 6.18 Å². The van der Waals surface area contributed by atoms with E-state index in [1.165, 1.54) is 50.7 Å². The highest BCUT2D eigenvalue weighted by molar-refractivity contribution is 5.82. The normalized spacial score (nSPS) is 34.0. The number of rotatable bonds is 5. The molecule has 0 spiro atoms. The summed E-state index contributed by atoms with van der Waals surface area (Å²) in [4.78, 5) is 15.8. The molecule has 4 saturated carbocycles. The Morgan fingerprint density at radius 3 is 2.26 bits per heavy atom. The van der Waals surface area contributed by atoms with Gasteiger partial charge in [-0.3, -0.25) is 14.8 Å². The third-order valence-corrected chi connectivity index (χ3v) is 9.93. The fourth-order valence-corrected chi connectivity index (χ4v) is 8.73. The first-order chi connectivity index (χ1) is 18.3. The number of aromatic nitrogens is 2. The number of benzene rings is 1. The molecular formula is C31H41F3N4O. The minimum atomic E-state index is -4.43. The average Bonchev–Trinajstić information content (AvgIpc) is 3.50. The fourth-order valence-electron chi connectivity index (χ4n) is 8.73. The van der Waals surface area contributed by atoms with Gasteiger partial charge in [0, 0.05) is 31.7 Å². The van der Waals surface area contributed by atoms with Gasteiger partial charge in [0.05, 0.1) is 22.8 Å². The van der Waals surface area contributed by atoms with Crippen LogP contribution in [0, 0.1) is 23.2 Å². The topological polar surface area (TPSA) is 50.2 Å². The summed E-state index contributed by atoms with van der Waals surface area (Å²) in [6.45, 7) is 6.97. The number of likely N-dealkylation sites (N-methyl/N-ethyl adjacent to an activating group) is 1. The zero-order valence-electron chi connectivity index (χ0n) is 23.5. The van der Waals surface area contributed by atoms with E-state index in [4.69, 9.17) is 5.10 Å². The molecule has 8 heteroatoms. The molecule has 39 heavy (non-hydrogen) atoms. The molecule has 4 aliphatic carbocycles. The van der Waals surface area contributed by atoms with Crippen molar-refractivity contribution in [3.63, 3.8) is 0 Å². The van der Waals surface area contributed by atoms with E-state index in [9.17, 15) is 18.0 Å². The predicted molar refractivity (Wildman–Crippen MR) is 144 cm³/mol. The SMILES string of the molecule is CN(CC12CC3CC(CC(C3)C1)C2)C(=O)[C@@H]1C[C@@H](c2ccn(C(C)(C)C)n2)[C@H](c2cccc(C(F)(F)F)c2)N1. The molecule has 1 aromatic heterocycles. The second kappa shape index (κ2) is 9.35. The third kappa shape index (κ3) is 5.14. The number of alkyl halides is 3. The maximum absolute atomic E-state index is 13.9. The molecule has 5 aliphatic rings. The zero-order valence-corrected chi connectivity index (χ0v) is 23.5. The second-order valence-electron chi connectivity index (χ2n) is 14.1. The summed E-state index contributed by atoms with van der Waals surface area (Å²) in [6.07, 6.45) is 5.79. The molecule has 0 unspecified atom stereocenters. The van der Waals surface area contributed by atoms with Gasteiger partial charge < -0.3 is 4.90 Å². The lowest BCUT2D eigenvalue weighted by molar-refractivity contribution is -0.138. The molecule has 212 valence electrons. The molecule has 7 rings (SSSR count). The Morgan fingerprint density at radius 1 is 1.05 bits per heavy atom. The summed E-state index contributed by atoms with van der Waals surface area (Å²) in [6, 6.07) is 6.56. The maximum atomic E-state index is 13.9. The Bertz CT molecular complexity index is 1190. The highest BCUT2D eigenvalue weighted by Gasteiger charge is 2.52. The molecule has 1 saturated heterocycles. The molecule has 2 heterocycles. The molecule has 1 aromatic carbocycles. The Hall–Kier alpha value is -2.35. The van der Waals surface area contributed by atoms with Gasteiger partial charge in [-0.2, -0.15) is 18.3 Å². The van der Waals surface area contributed by atoms with Crippen LogP contribution in [0.5, 0.6) is 0 Å². The molecule has 4 bridgehead atoms. The first kappa shape index (κ1) is 26.9. The Labute approximate surface area is 229 Å². The molecule has 1 amide bonds. The lowest BCUT2D eigenvalue weighted by Crippen LogP contribution is -2.53. The molecular weight excluding hydrogens is 501 g/mol. The number of carbonyl (C=O) groups is 1. The van der Waals surface area contributed by atoms with Gasteiger partial charge in [0.15, 0.2) is 0 Å². The van der Waals surface area contributed by atoms with E-state index < -0.39 is 23.8 Å². The van der Waals surface area contributed by atoms with Crippen LogP contribution in [0.15, 0.2) is 36.5 Å². The smallest absolute Gasteiger partial charge is 0.344 e. The third-order valence-electron chi connectivity index (χ3n) is 9.93.